The molecule has 0 bridgehead atoms. The van der Waals surface area contributed by atoms with E-state index in [1.165, 1.54) is 6.21 Å². The third-order valence-electron chi connectivity index (χ3n) is 2.39. The molecule has 0 saturated heterocycles. The quantitative estimate of drug-likeness (QED) is 0.581. The van der Waals surface area contributed by atoms with Crippen molar-refractivity contribution in [3.05, 3.63) is 48.9 Å². The van der Waals surface area contributed by atoms with Crippen LogP contribution in [0.2, 0.25) is 0 Å². The largest absolute Gasteiger partial charge is 0.494 e. The molecule has 1 heterocycles. The summed E-state index contributed by atoms with van der Waals surface area (Å²) in [5, 5.41) is 9.62. The number of nitrogens with one attached hydrogen (secondary N) is 2. The van der Waals surface area contributed by atoms with Crippen LogP contribution in [-0.4, -0.2) is 21.3 Å². The molecule has 7 heteroatoms. The molecule has 2 rings (SSSR count). The lowest BCUT2D eigenvalue weighted by atomic mass is 10.2. The minimum absolute atomic E-state index is 0.0288. The Labute approximate surface area is 122 Å². The predicted molar refractivity (Wildman–Crippen MR) is 80.0 cm³/mol. The average Bonchev–Trinajstić information content (AvgIpc) is 2.30. The van der Waals surface area contributed by atoms with Crippen molar-refractivity contribution in [1.29, 1.82) is 0 Å². The molecule has 98 valence electrons. The third-order valence-corrected chi connectivity index (χ3v) is 3.23. The summed E-state index contributed by atoms with van der Waals surface area (Å²) >= 11 is 8.12. The van der Waals surface area contributed by atoms with Crippen molar-refractivity contribution in [3.63, 3.8) is 0 Å². The van der Waals surface area contributed by atoms with E-state index in [0.29, 0.717) is 5.69 Å². The Balaban J connectivity index is 2.44. The number of aryl methyl sites for hydroxylation is 1. The molecule has 0 unspecified atom stereocenters. The Hall–Kier alpha value is -1.73. The van der Waals surface area contributed by atoms with Gasteiger partial charge in [0.15, 0.2) is 4.77 Å². The molecule has 0 saturated carbocycles. The summed E-state index contributed by atoms with van der Waals surface area (Å²) < 4.78 is 0.875. The Bertz CT molecular complexity index is 764. The van der Waals surface area contributed by atoms with E-state index < -0.39 is 5.56 Å². The van der Waals surface area contributed by atoms with Crippen molar-refractivity contribution in [2.45, 2.75) is 6.92 Å². The number of halogens is 1. The van der Waals surface area contributed by atoms with Gasteiger partial charge in [-0.1, -0.05) is 6.07 Å². The predicted octanol–water partition coefficient (Wildman–Crippen LogP) is 2.96. The maximum Gasteiger partial charge on any atom is 0.264 e. The van der Waals surface area contributed by atoms with Crippen molar-refractivity contribution < 1.29 is 5.11 Å². The first kappa shape index (κ1) is 13.7. The summed E-state index contributed by atoms with van der Waals surface area (Å²) in [6, 6.07) is 5.63. The van der Waals surface area contributed by atoms with E-state index in [-0.39, 0.29) is 16.2 Å². The number of hydrogen-bond acceptors (Lipinski definition) is 4. The number of rotatable bonds is 2. The number of aromatic hydroxyl groups is 1. The SMILES string of the molecule is Cc1ccc(N=Cc2c(O)[nH]c(=S)[nH]c2=O)c(Br)c1. The van der Waals surface area contributed by atoms with Gasteiger partial charge in [0.1, 0.15) is 5.56 Å². The Morgan fingerprint density at radius 2 is 2.16 bits per heavy atom. The molecular weight excluding hydrogens is 330 g/mol. The number of benzene rings is 1. The molecule has 0 aliphatic heterocycles. The number of aromatic amines is 2. The van der Waals surface area contributed by atoms with Crippen LogP contribution in [0.1, 0.15) is 11.1 Å². The summed E-state index contributed by atoms with van der Waals surface area (Å²) in [5.74, 6) is -0.305. The molecule has 0 aliphatic rings. The molecule has 2 aromatic rings. The fourth-order valence-corrected chi connectivity index (χ4v) is 2.24. The molecule has 19 heavy (non-hydrogen) atoms. The normalized spacial score (nSPS) is 11.1. The lowest BCUT2D eigenvalue weighted by Crippen LogP contribution is -2.13. The Kier molecular flexibility index (Phi) is 3.96. The van der Waals surface area contributed by atoms with Crippen molar-refractivity contribution in [3.8, 4) is 5.88 Å². The molecule has 0 atom stereocenters. The van der Waals surface area contributed by atoms with Gasteiger partial charge in [-0.05, 0) is 52.8 Å². The molecular formula is C12H10BrN3O2S. The zero-order valence-corrected chi connectivity index (χ0v) is 12.3. The molecule has 1 aromatic heterocycles. The van der Waals surface area contributed by atoms with Crippen LogP contribution in [-0.2, 0) is 0 Å². The van der Waals surface area contributed by atoms with Crippen LogP contribution < -0.4 is 5.56 Å². The van der Waals surface area contributed by atoms with E-state index in [1.54, 1.807) is 0 Å². The zero-order valence-electron chi connectivity index (χ0n) is 9.90. The van der Waals surface area contributed by atoms with Gasteiger partial charge in [0.2, 0.25) is 5.88 Å². The van der Waals surface area contributed by atoms with Crippen molar-refractivity contribution >= 4 is 40.0 Å². The van der Waals surface area contributed by atoms with Crippen molar-refractivity contribution in [2.75, 3.05) is 0 Å². The van der Waals surface area contributed by atoms with Crippen LogP contribution in [0.4, 0.5) is 5.69 Å². The summed E-state index contributed by atoms with van der Waals surface area (Å²) in [7, 11) is 0. The highest BCUT2D eigenvalue weighted by molar-refractivity contribution is 9.10. The highest BCUT2D eigenvalue weighted by atomic mass is 79.9. The fourth-order valence-electron chi connectivity index (χ4n) is 1.45. The highest BCUT2D eigenvalue weighted by Crippen LogP contribution is 2.26. The summed E-state index contributed by atoms with van der Waals surface area (Å²) in [5.41, 5.74) is 1.29. The minimum Gasteiger partial charge on any atom is -0.494 e. The first-order valence-electron chi connectivity index (χ1n) is 5.33. The second-order valence-electron chi connectivity index (χ2n) is 3.88. The zero-order chi connectivity index (χ0) is 14.0. The summed E-state index contributed by atoms with van der Waals surface area (Å²) in [4.78, 5) is 20.6. The average molecular weight is 340 g/mol. The van der Waals surface area contributed by atoms with Crippen LogP contribution in [0.3, 0.4) is 0 Å². The smallest absolute Gasteiger partial charge is 0.264 e. The highest BCUT2D eigenvalue weighted by Gasteiger charge is 2.05. The van der Waals surface area contributed by atoms with E-state index in [9.17, 15) is 9.90 Å². The Morgan fingerprint density at radius 1 is 1.42 bits per heavy atom. The van der Waals surface area contributed by atoms with Crippen LogP contribution in [0.15, 0.2) is 32.5 Å². The lowest BCUT2D eigenvalue weighted by Gasteiger charge is -2.00. The van der Waals surface area contributed by atoms with Crippen LogP contribution in [0, 0.1) is 11.7 Å². The van der Waals surface area contributed by atoms with Gasteiger partial charge in [0.05, 0.1) is 5.69 Å². The van der Waals surface area contributed by atoms with Crippen molar-refractivity contribution in [1.82, 2.24) is 9.97 Å². The van der Waals surface area contributed by atoms with Gasteiger partial charge in [-0.3, -0.25) is 14.8 Å². The van der Waals surface area contributed by atoms with Crippen LogP contribution >= 0.6 is 28.1 Å². The molecule has 1 aromatic carbocycles. The second-order valence-corrected chi connectivity index (χ2v) is 5.15. The number of H-pyrrole nitrogens is 2. The van der Waals surface area contributed by atoms with E-state index in [4.69, 9.17) is 12.2 Å². The van der Waals surface area contributed by atoms with Gasteiger partial charge in [-0.15, -0.1) is 0 Å². The van der Waals surface area contributed by atoms with Gasteiger partial charge >= 0.3 is 0 Å². The third kappa shape index (κ3) is 3.18. The number of nitrogens with zero attached hydrogens (tertiary/aromatic N) is 1. The first-order chi connectivity index (χ1) is 8.97. The molecule has 5 nitrogen and oxygen atoms in total. The summed E-state index contributed by atoms with van der Waals surface area (Å²) in [6.07, 6.45) is 1.29. The van der Waals surface area contributed by atoms with Gasteiger partial charge in [0.25, 0.3) is 5.56 Å². The molecule has 0 fully saturated rings. The van der Waals surface area contributed by atoms with Crippen molar-refractivity contribution in [2.24, 2.45) is 4.99 Å². The fraction of sp³-hybridized carbons (Fsp3) is 0.0833. The Morgan fingerprint density at radius 3 is 2.79 bits per heavy atom. The molecule has 0 aliphatic carbocycles. The molecule has 0 spiro atoms. The number of hydrogen-bond donors (Lipinski definition) is 3. The molecule has 3 N–H and O–H groups in total. The maximum atomic E-state index is 11.6. The lowest BCUT2D eigenvalue weighted by molar-refractivity contribution is 0.449. The van der Waals surface area contributed by atoms with Gasteiger partial charge in [-0.25, -0.2) is 0 Å². The monoisotopic (exact) mass is 339 g/mol. The van der Waals surface area contributed by atoms with E-state index in [2.05, 4.69) is 30.9 Å². The molecule has 0 radical (unpaired) electrons. The second kappa shape index (κ2) is 5.50. The topological polar surface area (TPSA) is 81.2 Å². The summed E-state index contributed by atoms with van der Waals surface area (Å²) in [6.45, 7) is 1.96. The first-order valence-corrected chi connectivity index (χ1v) is 6.53. The van der Waals surface area contributed by atoms with Gasteiger partial charge in [-0.2, -0.15) is 0 Å². The van der Waals surface area contributed by atoms with E-state index in [1.807, 2.05) is 25.1 Å². The maximum absolute atomic E-state index is 11.6. The van der Waals surface area contributed by atoms with Crippen LogP contribution in [0.25, 0.3) is 0 Å². The minimum atomic E-state index is -0.492. The van der Waals surface area contributed by atoms with Gasteiger partial charge < -0.3 is 10.1 Å². The van der Waals surface area contributed by atoms with E-state index >= 15 is 0 Å². The molecule has 0 amide bonds. The van der Waals surface area contributed by atoms with E-state index in [0.717, 1.165) is 10.0 Å². The number of aromatic nitrogens is 2. The van der Waals surface area contributed by atoms with Crippen LogP contribution in [0.5, 0.6) is 5.88 Å². The standard InChI is InChI=1S/C12H10BrN3O2S/c1-6-2-3-9(8(13)4-6)14-5-7-10(17)15-12(19)16-11(7)18/h2-5H,1H3,(H3,15,16,17,18,19). The number of aliphatic imine (C=N–C) groups is 1. The van der Waals surface area contributed by atoms with Gasteiger partial charge in [0, 0.05) is 10.7 Å².